The molecule has 2 aromatic carbocycles. The van der Waals surface area contributed by atoms with Crippen LogP contribution < -0.4 is 4.74 Å². The van der Waals surface area contributed by atoms with Crippen LogP contribution in [0.5, 0.6) is 5.75 Å². The largest absolute Gasteiger partial charge is 0.497 e. The number of piperazine rings is 1. The molecule has 7 heteroatoms. The van der Waals surface area contributed by atoms with E-state index in [1.165, 1.54) is 6.07 Å². The molecule has 0 radical (unpaired) electrons. The molecule has 3 aromatic rings. The molecule has 0 bridgehead atoms. The average molecular weight is 408 g/mol. The zero-order chi connectivity index (χ0) is 21.1. The smallest absolute Gasteiger partial charge is 0.289 e. The fraction of sp³-hybridized carbons (Fsp3) is 0.217. The lowest BCUT2D eigenvalue weighted by Crippen LogP contribution is -2.50. The summed E-state index contributed by atoms with van der Waals surface area (Å²) in [5.41, 5.74) is 0.891. The highest BCUT2D eigenvalue weighted by Gasteiger charge is 2.27. The van der Waals surface area contributed by atoms with E-state index in [9.17, 15) is 14.0 Å². The molecule has 0 aliphatic carbocycles. The number of nitrogens with zero attached hydrogens (tertiary/aromatic N) is 2. The van der Waals surface area contributed by atoms with Crippen LogP contribution in [0.2, 0.25) is 0 Å². The van der Waals surface area contributed by atoms with Crippen molar-refractivity contribution in [3.8, 4) is 17.1 Å². The first-order valence-corrected chi connectivity index (χ1v) is 9.64. The second kappa shape index (κ2) is 8.41. The molecular formula is C23H21FN2O4. The van der Waals surface area contributed by atoms with E-state index in [0.717, 1.165) is 0 Å². The zero-order valence-electron chi connectivity index (χ0n) is 16.5. The van der Waals surface area contributed by atoms with Crippen LogP contribution in [0.15, 0.2) is 65.1 Å². The first-order chi connectivity index (χ1) is 14.6. The highest BCUT2D eigenvalue weighted by Crippen LogP contribution is 2.25. The molecule has 0 atom stereocenters. The molecule has 0 unspecified atom stereocenters. The molecule has 1 saturated heterocycles. The van der Waals surface area contributed by atoms with Gasteiger partial charge in [-0.05, 0) is 48.5 Å². The van der Waals surface area contributed by atoms with E-state index in [2.05, 4.69) is 0 Å². The van der Waals surface area contributed by atoms with Gasteiger partial charge in [0.05, 0.1) is 12.7 Å². The lowest BCUT2D eigenvalue weighted by molar-refractivity contribution is 0.0518. The third-order valence-electron chi connectivity index (χ3n) is 5.15. The molecule has 0 saturated carbocycles. The minimum Gasteiger partial charge on any atom is -0.497 e. The number of halogens is 1. The number of carbonyl (C=O) groups is 2. The Bertz CT molecular complexity index is 1050. The van der Waals surface area contributed by atoms with E-state index in [1.54, 1.807) is 71.5 Å². The molecule has 2 heterocycles. The highest BCUT2D eigenvalue weighted by atomic mass is 19.1. The Morgan fingerprint density at radius 1 is 0.867 bits per heavy atom. The molecule has 0 N–H and O–H groups in total. The number of rotatable bonds is 4. The summed E-state index contributed by atoms with van der Waals surface area (Å²) in [7, 11) is 1.57. The van der Waals surface area contributed by atoms with Crippen LogP contribution in [0.1, 0.15) is 20.9 Å². The van der Waals surface area contributed by atoms with Crippen molar-refractivity contribution in [2.45, 2.75) is 0 Å². The third kappa shape index (κ3) is 3.91. The van der Waals surface area contributed by atoms with Crippen molar-refractivity contribution in [1.82, 2.24) is 9.80 Å². The fourth-order valence-electron chi connectivity index (χ4n) is 3.44. The number of ether oxygens (including phenoxy) is 1. The van der Waals surface area contributed by atoms with Gasteiger partial charge in [0.25, 0.3) is 11.8 Å². The minimum atomic E-state index is -0.406. The molecule has 6 nitrogen and oxygen atoms in total. The van der Waals surface area contributed by atoms with E-state index in [-0.39, 0.29) is 17.6 Å². The Morgan fingerprint density at radius 3 is 2.13 bits per heavy atom. The SMILES string of the molecule is COc1ccc(C(=O)N2CCN(C(=O)c3ccc(-c4ccccc4F)o3)CC2)cc1. The Labute approximate surface area is 173 Å². The molecule has 1 aromatic heterocycles. The molecule has 2 amide bonds. The monoisotopic (exact) mass is 408 g/mol. The number of furan rings is 1. The summed E-state index contributed by atoms with van der Waals surface area (Å²) < 4.78 is 24.7. The summed E-state index contributed by atoms with van der Waals surface area (Å²) in [5.74, 6) is 0.401. The van der Waals surface area contributed by atoms with Crippen molar-refractivity contribution in [2.24, 2.45) is 0 Å². The lowest BCUT2D eigenvalue weighted by Gasteiger charge is -2.34. The van der Waals surface area contributed by atoms with E-state index in [1.807, 2.05) is 0 Å². The van der Waals surface area contributed by atoms with Gasteiger partial charge in [-0.3, -0.25) is 9.59 Å². The zero-order valence-corrected chi connectivity index (χ0v) is 16.5. The van der Waals surface area contributed by atoms with E-state index >= 15 is 0 Å². The Hall–Kier alpha value is -3.61. The van der Waals surface area contributed by atoms with Crippen molar-refractivity contribution in [3.63, 3.8) is 0 Å². The number of methoxy groups -OCH3 is 1. The van der Waals surface area contributed by atoms with Crippen molar-refractivity contribution in [3.05, 3.63) is 77.8 Å². The maximum Gasteiger partial charge on any atom is 0.289 e. The summed E-state index contributed by atoms with van der Waals surface area (Å²) in [6, 6.07) is 16.4. The Kier molecular flexibility index (Phi) is 5.52. The second-order valence-corrected chi connectivity index (χ2v) is 6.96. The standard InChI is InChI=1S/C23H21FN2O4/c1-29-17-8-6-16(7-9-17)22(27)25-12-14-26(15-13-25)23(28)21-11-10-20(30-21)18-4-2-3-5-19(18)24/h2-11H,12-15H2,1H3. The summed E-state index contributed by atoms with van der Waals surface area (Å²) in [5, 5.41) is 0. The van der Waals surface area contributed by atoms with Crippen molar-refractivity contribution < 1.29 is 23.1 Å². The molecule has 4 rings (SSSR count). The van der Waals surface area contributed by atoms with E-state index < -0.39 is 5.82 Å². The maximum absolute atomic E-state index is 13.9. The molecule has 0 spiro atoms. The van der Waals surface area contributed by atoms with Crippen LogP contribution in [0.4, 0.5) is 4.39 Å². The molecule has 1 aliphatic rings. The van der Waals surface area contributed by atoms with Gasteiger partial charge >= 0.3 is 0 Å². The van der Waals surface area contributed by atoms with Crippen LogP contribution in [0, 0.1) is 5.82 Å². The van der Waals surface area contributed by atoms with Crippen LogP contribution in [-0.2, 0) is 0 Å². The number of benzene rings is 2. The molecule has 1 fully saturated rings. The van der Waals surface area contributed by atoms with Crippen molar-refractivity contribution >= 4 is 11.8 Å². The quantitative estimate of drug-likeness (QED) is 0.661. The van der Waals surface area contributed by atoms with Gasteiger partial charge in [0.15, 0.2) is 5.76 Å². The third-order valence-corrected chi connectivity index (χ3v) is 5.15. The van der Waals surface area contributed by atoms with Gasteiger partial charge in [-0.2, -0.15) is 0 Å². The molecule has 154 valence electrons. The van der Waals surface area contributed by atoms with E-state index in [0.29, 0.717) is 48.8 Å². The van der Waals surface area contributed by atoms with E-state index in [4.69, 9.17) is 9.15 Å². The van der Waals surface area contributed by atoms with Gasteiger partial charge in [0, 0.05) is 31.7 Å². The van der Waals surface area contributed by atoms with Crippen LogP contribution >= 0.6 is 0 Å². The predicted octanol–water partition coefficient (Wildman–Crippen LogP) is 3.69. The highest BCUT2D eigenvalue weighted by molar-refractivity contribution is 5.95. The van der Waals surface area contributed by atoms with Crippen LogP contribution in [0.25, 0.3) is 11.3 Å². The number of amides is 2. The number of hydrogen-bond acceptors (Lipinski definition) is 4. The normalized spacial score (nSPS) is 13.9. The molecule has 1 aliphatic heterocycles. The lowest BCUT2D eigenvalue weighted by atomic mass is 10.1. The van der Waals surface area contributed by atoms with Gasteiger partial charge in [-0.25, -0.2) is 4.39 Å². The van der Waals surface area contributed by atoms with Gasteiger partial charge in [-0.15, -0.1) is 0 Å². The van der Waals surface area contributed by atoms with Crippen molar-refractivity contribution in [1.29, 1.82) is 0 Å². The van der Waals surface area contributed by atoms with Gasteiger partial charge in [0.2, 0.25) is 0 Å². The minimum absolute atomic E-state index is 0.0791. The topological polar surface area (TPSA) is 63.0 Å². The fourth-order valence-corrected chi connectivity index (χ4v) is 3.44. The summed E-state index contributed by atoms with van der Waals surface area (Å²) >= 11 is 0. The first-order valence-electron chi connectivity index (χ1n) is 9.64. The first kappa shape index (κ1) is 19.7. The summed E-state index contributed by atoms with van der Waals surface area (Å²) in [4.78, 5) is 28.8. The molecule has 30 heavy (non-hydrogen) atoms. The predicted molar refractivity (Wildman–Crippen MR) is 109 cm³/mol. The van der Waals surface area contributed by atoms with Gasteiger partial charge in [0.1, 0.15) is 17.3 Å². The maximum atomic E-state index is 13.9. The Balaban J connectivity index is 1.39. The summed E-state index contributed by atoms with van der Waals surface area (Å²) in [6.07, 6.45) is 0. The molecular weight excluding hydrogens is 387 g/mol. The van der Waals surface area contributed by atoms with Gasteiger partial charge in [-0.1, -0.05) is 12.1 Å². The van der Waals surface area contributed by atoms with Gasteiger partial charge < -0.3 is 19.0 Å². The second-order valence-electron chi connectivity index (χ2n) is 6.96. The van der Waals surface area contributed by atoms with Crippen LogP contribution in [-0.4, -0.2) is 54.9 Å². The number of carbonyl (C=O) groups excluding carboxylic acids is 2. The van der Waals surface area contributed by atoms with Crippen LogP contribution in [0.3, 0.4) is 0 Å². The average Bonchev–Trinajstić information content (AvgIpc) is 3.28. The summed E-state index contributed by atoms with van der Waals surface area (Å²) in [6.45, 7) is 1.65. The van der Waals surface area contributed by atoms with Crippen molar-refractivity contribution in [2.75, 3.05) is 33.3 Å². The number of hydrogen-bond donors (Lipinski definition) is 0. The Morgan fingerprint density at radius 2 is 1.50 bits per heavy atom.